The summed E-state index contributed by atoms with van der Waals surface area (Å²) in [5.41, 5.74) is 0. The molecule has 1 nitrogen and oxygen atoms in total. The van der Waals surface area contributed by atoms with Gasteiger partial charge in [0, 0.05) is 22.7 Å². The number of nitrogens with zero attached hydrogens (tertiary/aromatic N) is 1. The lowest BCUT2D eigenvalue weighted by atomic mass is 10.0. The van der Waals surface area contributed by atoms with Crippen LogP contribution in [0.1, 0.15) is 23.6 Å². The average Bonchev–Trinajstić information content (AvgIpc) is 2.98. The molecule has 2 unspecified atom stereocenters. The predicted molar refractivity (Wildman–Crippen MR) is 78.3 cm³/mol. The number of fused-ring (bicyclic) bond motifs is 2. The first kappa shape index (κ1) is 11.0. The monoisotopic (exact) mass is 257 g/mol. The Morgan fingerprint density at radius 1 is 1.11 bits per heavy atom. The van der Waals surface area contributed by atoms with Crippen LogP contribution in [0.3, 0.4) is 0 Å². The van der Waals surface area contributed by atoms with Crippen molar-refractivity contribution < 1.29 is 0 Å². The minimum atomic E-state index is 0.839. The van der Waals surface area contributed by atoms with Crippen LogP contribution in [0.2, 0.25) is 0 Å². The lowest BCUT2D eigenvalue weighted by Crippen LogP contribution is -2.15. The summed E-state index contributed by atoms with van der Waals surface area (Å²) in [6, 6.07) is 11.2. The van der Waals surface area contributed by atoms with Crippen LogP contribution in [0, 0.1) is 11.8 Å². The number of thiophene rings is 1. The molecular weight excluding hydrogens is 238 g/mol. The predicted octanol–water partition coefficient (Wildman–Crippen LogP) is 3.96. The Labute approximate surface area is 112 Å². The lowest BCUT2D eigenvalue weighted by Gasteiger charge is -2.12. The van der Waals surface area contributed by atoms with E-state index in [1.807, 2.05) is 11.3 Å². The minimum Gasteiger partial charge on any atom is -0.306 e. The number of benzene rings is 1. The van der Waals surface area contributed by atoms with Gasteiger partial charge in [0.1, 0.15) is 0 Å². The van der Waals surface area contributed by atoms with Gasteiger partial charge in [-0.25, -0.2) is 0 Å². The number of hydrogen-bond donors (Lipinski definition) is 0. The third kappa shape index (κ3) is 1.70. The van der Waals surface area contributed by atoms with Crippen molar-refractivity contribution in [3.05, 3.63) is 35.2 Å². The molecule has 0 bridgehead atoms. The molecule has 2 heterocycles. The molecule has 1 aromatic carbocycles. The third-order valence-electron chi connectivity index (χ3n) is 4.78. The van der Waals surface area contributed by atoms with Crippen LogP contribution in [0.15, 0.2) is 30.3 Å². The van der Waals surface area contributed by atoms with Crippen molar-refractivity contribution in [1.82, 2.24) is 4.90 Å². The largest absolute Gasteiger partial charge is 0.306 e. The van der Waals surface area contributed by atoms with Gasteiger partial charge in [-0.3, -0.25) is 0 Å². The van der Waals surface area contributed by atoms with E-state index in [9.17, 15) is 0 Å². The van der Waals surface area contributed by atoms with E-state index in [4.69, 9.17) is 0 Å². The summed E-state index contributed by atoms with van der Waals surface area (Å²) in [6.07, 6.45) is 2.84. The molecule has 1 aromatic heterocycles. The Bertz CT molecular complexity index is 526. The zero-order valence-electron chi connectivity index (χ0n) is 10.8. The van der Waals surface area contributed by atoms with Gasteiger partial charge in [-0.05, 0) is 55.2 Å². The highest BCUT2D eigenvalue weighted by Crippen LogP contribution is 2.48. The Hall–Kier alpha value is -0.860. The van der Waals surface area contributed by atoms with Crippen molar-refractivity contribution in [1.29, 1.82) is 0 Å². The van der Waals surface area contributed by atoms with Gasteiger partial charge in [-0.1, -0.05) is 18.2 Å². The Kier molecular flexibility index (Phi) is 2.49. The fourth-order valence-corrected chi connectivity index (χ4v) is 5.16. The van der Waals surface area contributed by atoms with Crippen LogP contribution in [-0.4, -0.2) is 25.0 Å². The first-order valence-electron chi connectivity index (χ1n) is 6.96. The van der Waals surface area contributed by atoms with Crippen molar-refractivity contribution in [2.45, 2.75) is 18.8 Å². The van der Waals surface area contributed by atoms with Crippen LogP contribution in [0.25, 0.3) is 10.1 Å². The molecule has 1 saturated carbocycles. The van der Waals surface area contributed by atoms with Crippen LogP contribution in [0.4, 0.5) is 0 Å². The maximum Gasteiger partial charge on any atom is 0.0345 e. The molecular formula is C16H19NS. The van der Waals surface area contributed by atoms with Crippen LogP contribution < -0.4 is 0 Å². The normalized spacial score (nSPS) is 32.2. The van der Waals surface area contributed by atoms with Crippen LogP contribution in [0.5, 0.6) is 0 Å². The van der Waals surface area contributed by atoms with Crippen molar-refractivity contribution in [3.63, 3.8) is 0 Å². The molecule has 2 fully saturated rings. The van der Waals surface area contributed by atoms with Gasteiger partial charge in [0.05, 0.1) is 0 Å². The highest BCUT2D eigenvalue weighted by Gasteiger charge is 2.40. The highest BCUT2D eigenvalue weighted by atomic mass is 32.1. The number of hydrogen-bond acceptors (Lipinski definition) is 2. The molecule has 94 valence electrons. The van der Waals surface area contributed by atoms with Crippen molar-refractivity contribution >= 4 is 21.4 Å². The summed E-state index contributed by atoms with van der Waals surface area (Å²) < 4.78 is 1.46. The molecule has 0 N–H and O–H groups in total. The van der Waals surface area contributed by atoms with E-state index >= 15 is 0 Å². The van der Waals surface area contributed by atoms with E-state index in [0.29, 0.717) is 0 Å². The second kappa shape index (κ2) is 4.07. The minimum absolute atomic E-state index is 0.839. The standard InChI is InChI=1S/C16H19NS/c1-17-9-13-6-12(7-14(13)10-17)16-8-11-4-2-3-5-15(11)18-16/h2-5,8,12-14H,6-7,9-10H2,1H3. The fourth-order valence-electron chi connectivity index (χ4n) is 3.97. The molecule has 1 saturated heterocycles. The lowest BCUT2D eigenvalue weighted by molar-refractivity contribution is 0.372. The SMILES string of the molecule is CN1CC2CC(c3cc4ccccc4s3)CC2C1. The molecule has 1 aliphatic carbocycles. The second-order valence-electron chi connectivity index (χ2n) is 6.10. The van der Waals surface area contributed by atoms with Gasteiger partial charge < -0.3 is 4.90 Å². The maximum atomic E-state index is 2.51. The topological polar surface area (TPSA) is 3.24 Å². The van der Waals surface area contributed by atoms with Crippen molar-refractivity contribution in [2.24, 2.45) is 11.8 Å². The van der Waals surface area contributed by atoms with Crippen LogP contribution in [-0.2, 0) is 0 Å². The second-order valence-corrected chi connectivity index (χ2v) is 7.21. The van der Waals surface area contributed by atoms with Crippen molar-refractivity contribution in [2.75, 3.05) is 20.1 Å². The van der Waals surface area contributed by atoms with Gasteiger partial charge in [0.15, 0.2) is 0 Å². The Balaban J connectivity index is 1.61. The summed E-state index contributed by atoms with van der Waals surface area (Å²) in [5.74, 6) is 2.77. The smallest absolute Gasteiger partial charge is 0.0345 e. The van der Waals surface area contributed by atoms with Gasteiger partial charge in [-0.2, -0.15) is 0 Å². The van der Waals surface area contributed by atoms with Crippen molar-refractivity contribution in [3.8, 4) is 0 Å². The zero-order valence-corrected chi connectivity index (χ0v) is 11.6. The molecule has 0 radical (unpaired) electrons. The molecule has 4 rings (SSSR count). The number of rotatable bonds is 1. The molecule has 2 aromatic rings. The maximum absolute atomic E-state index is 2.51. The summed E-state index contributed by atoms with van der Waals surface area (Å²) in [5, 5.41) is 1.44. The Morgan fingerprint density at radius 2 is 1.83 bits per heavy atom. The van der Waals surface area contributed by atoms with E-state index in [1.54, 1.807) is 4.88 Å². The molecule has 0 spiro atoms. The summed E-state index contributed by atoms with van der Waals surface area (Å²) in [4.78, 5) is 4.14. The summed E-state index contributed by atoms with van der Waals surface area (Å²) in [6.45, 7) is 2.65. The van der Waals surface area contributed by atoms with E-state index < -0.39 is 0 Å². The first-order chi connectivity index (χ1) is 8.79. The van der Waals surface area contributed by atoms with Gasteiger partial charge in [0.2, 0.25) is 0 Å². The molecule has 2 atom stereocenters. The zero-order chi connectivity index (χ0) is 12.1. The van der Waals surface area contributed by atoms with E-state index in [0.717, 1.165) is 17.8 Å². The number of likely N-dealkylation sites (tertiary alicyclic amines) is 1. The van der Waals surface area contributed by atoms with Gasteiger partial charge in [0.25, 0.3) is 0 Å². The van der Waals surface area contributed by atoms with Gasteiger partial charge >= 0.3 is 0 Å². The first-order valence-corrected chi connectivity index (χ1v) is 7.78. The quantitative estimate of drug-likeness (QED) is 0.747. The van der Waals surface area contributed by atoms with E-state index in [1.165, 1.54) is 36.0 Å². The van der Waals surface area contributed by atoms with Gasteiger partial charge in [-0.15, -0.1) is 11.3 Å². The molecule has 2 heteroatoms. The average molecular weight is 257 g/mol. The molecule has 18 heavy (non-hydrogen) atoms. The van der Waals surface area contributed by atoms with E-state index in [-0.39, 0.29) is 0 Å². The summed E-state index contributed by atoms with van der Waals surface area (Å²) in [7, 11) is 2.27. The van der Waals surface area contributed by atoms with E-state index in [2.05, 4.69) is 42.3 Å². The molecule has 1 aliphatic heterocycles. The summed E-state index contributed by atoms with van der Waals surface area (Å²) >= 11 is 2.02. The molecule has 0 amide bonds. The fraction of sp³-hybridized carbons (Fsp3) is 0.500. The van der Waals surface area contributed by atoms with Crippen LogP contribution >= 0.6 is 11.3 Å². The highest BCUT2D eigenvalue weighted by molar-refractivity contribution is 7.19. The Morgan fingerprint density at radius 3 is 2.56 bits per heavy atom. The molecule has 2 aliphatic rings. The third-order valence-corrected chi connectivity index (χ3v) is 6.06.